The number of benzene rings is 2. The molecule has 1 fully saturated rings. The number of hydrogen-bond donors (Lipinski definition) is 4. The van der Waals surface area contributed by atoms with Crippen LogP contribution in [0.3, 0.4) is 0 Å². The van der Waals surface area contributed by atoms with Crippen LogP contribution in [0.15, 0.2) is 60.3 Å². The first-order chi connectivity index (χ1) is 26.4. The molecule has 11 nitrogen and oxygen atoms in total. The van der Waals surface area contributed by atoms with Crippen molar-refractivity contribution in [3.63, 3.8) is 0 Å². The Morgan fingerprint density at radius 3 is 2.46 bits per heavy atom. The average molecular weight is 816 g/mol. The SMILES string of the molecule is C=C(/C(=C\C=C(/N)C#CC(C)(C)O)c1ccc(C)c2c(NS(C)(=O)=O)nn(C)c12)[C@H](Cc1cc(F)cc(F)c1)NC(=O)Cn1nc(C(F)F)c2c1C(F)(F)[C@@H]1C[C@H]21. The van der Waals surface area contributed by atoms with Crippen molar-refractivity contribution in [2.45, 2.75) is 70.1 Å². The number of alkyl halides is 4. The highest BCUT2D eigenvalue weighted by Crippen LogP contribution is 2.68. The third-order valence-corrected chi connectivity index (χ3v) is 10.2. The largest absolute Gasteiger partial charge is 0.392 e. The van der Waals surface area contributed by atoms with E-state index in [1.807, 2.05) is 0 Å². The van der Waals surface area contributed by atoms with Gasteiger partial charge >= 0.3 is 0 Å². The van der Waals surface area contributed by atoms with Crippen LogP contribution in [0.2, 0.25) is 0 Å². The highest BCUT2D eigenvalue weighted by Gasteiger charge is 2.67. The van der Waals surface area contributed by atoms with E-state index in [9.17, 15) is 35.9 Å². The van der Waals surface area contributed by atoms with Gasteiger partial charge in [-0.05, 0) is 85.9 Å². The summed E-state index contributed by atoms with van der Waals surface area (Å²) in [6.07, 6.45) is 0.363. The molecule has 1 saturated carbocycles. The fourth-order valence-electron chi connectivity index (χ4n) is 7.22. The van der Waals surface area contributed by atoms with Crippen molar-refractivity contribution >= 4 is 38.2 Å². The van der Waals surface area contributed by atoms with Gasteiger partial charge in [-0.15, -0.1) is 0 Å². The van der Waals surface area contributed by atoms with Gasteiger partial charge in [0.1, 0.15) is 35.2 Å². The quantitative estimate of drug-likeness (QED) is 0.0794. The first-order valence-electron chi connectivity index (χ1n) is 17.5. The van der Waals surface area contributed by atoms with Gasteiger partial charge in [-0.3, -0.25) is 18.9 Å². The van der Waals surface area contributed by atoms with E-state index < -0.39 is 81.3 Å². The topological polar surface area (TPSA) is 157 Å². The summed E-state index contributed by atoms with van der Waals surface area (Å²) in [7, 11) is -2.24. The number of rotatable bonds is 12. The number of fused-ring (bicyclic) bond motifs is 4. The van der Waals surface area contributed by atoms with Crippen LogP contribution < -0.4 is 15.8 Å². The van der Waals surface area contributed by atoms with Crippen LogP contribution in [0.25, 0.3) is 16.5 Å². The number of anilines is 1. The normalized spacial score (nSPS) is 18.2. The number of sulfonamides is 1. The molecule has 3 atom stereocenters. The van der Waals surface area contributed by atoms with Crippen molar-refractivity contribution < 1.29 is 44.7 Å². The lowest BCUT2D eigenvalue weighted by atomic mass is 9.88. The van der Waals surface area contributed by atoms with Gasteiger partial charge in [0.05, 0.1) is 23.5 Å². The number of aryl methyl sites for hydroxylation is 2. The second-order valence-electron chi connectivity index (χ2n) is 14.8. The summed E-state index contributed by atoms with van der Waals surface area (Å²) in [5.41, 5.74) is 4.69. The number of nitrogens with one attached hydrogen (secondary N) is 2. The number of amides is 1. The second kappa shape index (κ2) is 14.8. The fraction of sp³-hybridized carbons (Fsp3) is 0.359. The van der Waals surface area contributed by atoms with E-state index in [0.29, 0.717) is 32.8 Å². The first kappa shape index (κ1) is 41.1. The van der Waals surface area contributed by atoms with Crippen molar-refractivity contribution in [2.75, 3.05) is 11.0 Å². The molecule has 18 heteroatoms. The lowest BCUT2D eigenvalue weighted by molar-refractivity contribution is -0.122. The Kier molecular flexibility index (Phi) is 10.6. The van der Waals surface area contributed by atoms with Crippen LogP contribution in [-0.4, -0.2) is 56.9 Å². The molecule has 1 amide bonds. The van der Waals surface area contributed by atoms with E-state index in [-0.39, 0.29) is 46.6 Å². The Hall–Kier alpha value is -5.54. The smallest absolute Gasteiger partial charge is 0.293 e. The maximum Gasteiger partial charge on any atom is 0.293 e. The van der Waals surface area contributed by atoms with E-state index in [4.69, 9.17) is 5.73 Å². The molecule has 2 aromatic heterocycles. The molecule has 4 aromatic rings. The van der Waals surface area contributed by atoms with Crippen molar-refractivity contribution in [1.29, 1.82) is 0 Å². The number of hydrogen-bond acceptors (Lipinski definition) is 7. The number of nitrogens with two attached hydrogens (primary N) is 1. The Labute approximate surface area is 324 Å². The number of nitrogens with zero attached hydrogens (tertiary/aromatic N) is 4. The molecule has 0 aliphatic heterocycles. The van der Waals surface area contributed by atoms with Crippen molar-refractivity contribution in [3.05, 3.63) is 106 Å². The Bertz CT molecular complexity index is 2540. The van der Waals surface area contributed by atoms with E-state index in [2.05, 4.69) is 38.7 Å². The van der Waals surface area contributed by atoms with Crippen molar-refractivity contribution in [1.82, 2.24) is 24.9 Å². The molecule has 2 aliphatic rings. The monoisotopic (exact) mass is 815 g/mol. The molecule has 0 spiro atoms. The van der Waals surface area contributed by atoms with Gasteiger partial charge in [-0.25, -0.2) is 26.0 Å². The van der Waals surface area contributed by atoms with E-state index >= 15 is 8.78 Å². The number of aromatic nitrogens is 4. The molecule has 57 heavy (non-hydrogen) atoms. The summed E-state index contributed by atoms with van der Waals surface area (Å²) in [6, 6.07) is 4.79. The molecule has 0 unspecified atom stereocenters. The molecule has 2 aliphatic carbocycles. The summed E-state index contributed by atoms with van der Waals surface area (Å²) in [5, 5.41) is 21.3. The lowest BCUT2D eigenvalue weighted by Crippen LogP contribution is -2.40. The van der Waals surface area contributed by atoms with Crippen molar-refractivity contribution in [2.24, 2.45) is 18.7 Å². The van der Waals surface area contributed by atoms with Gasteiger partial charge in [0.25, 0.3) is 12.3 Å². The molecule has 6 rings (SSSR count). The third-order valence-electron chi connectivity index (χ3n) is 9.64. The highest BCUT2D eigenvalue weighted by atomic mass is 32.2. The van der Waals surface area contributed by atoms with E-state index in [1.165, 1.54) is 30.7 Å². The molecule has 5 N–H and O–H groups in total. The molecular formula is C39H39F6N7O4S. The fourth-order valence-corrected chi connectivity index (χ4v) is 7.71. The van der Waals surface area contributed by atoms with Gasteiger partial charge in [-0.1, -0.05) is 30.7 Å². The summed E-state index contributed by atoms with van der Waals surface area (Å²) in [6.45, 7) is 7.96. The molecule has 0 saturated heterocycles. The van der Waals surface area contributed by atoms with Crippen LogP contribution in [0.5, 0.6) is 0 Å². The molecular weight excluding hydrogens is 777 g/mol. The Balaban J connectivity index is 1.47. The van der Waals surface area contributed by atoms with Gasteiger partial charge in [0, 0.05) is 35.5 Å². The minimum atomic E-state index is -3.80. The van der Waals surface area contributed by atoms with Crippen LogP contribution in [-0.2, 0) is 40.8 Å². The number of aliphatic hydroxyl groups is 1. The maximum absolute atomic E-state index is 15.3. The summed E-state index contributed by atoms with van der Waals surface area (Å²) < 4.78 is 117. The minimum Gasteiger partial charge on any atom is -0.392 e. The number of carbonyl (C=O) groups is 1. The van der Waals surface area contributed by atoms with E-state index in [1.54, 1.807) is 26.1 Å². The Morgan fingerprint density at radius 2 is 1.84 bits per heavy atom. The Morgan fingerprint density at radius 1 is 1.18 bits per heavy atom. The zero-order valence-corrected chi connectivity index (χ0v) is 32.2. The zero-order valence-electron chi connectivity index (χ0n) is 31.4. The van der Waals surface area contributed by atoms with Crippen molar-refractivity contribution in [3.8, 4) is 11.8 Å². The van der Waals surface area contributed by atoms with Crippen LogP contribution >= 0.6 is 0 Å². The standard InChI is InChI=1S/C39H39F6N7O4S/c1-19-7-9-26(34-31(19)37(49-51(34)5)50-57(6,55)56)25(10-8-24(46)11-12-38(3,4)54)20(2)29(15-21-13-22(40)16-23(41)14-21)47-30(53)18-52-35-32(33(48-52)36(42)43)27-17-28(27)39(35,44)45/h7-10,13-14,16,27-29,36,54H,2,15,17-18,46H2,1,3-6H3,(H,47,53)(H,49,50)/b24-8-,25-10+/t27-,28+,29-/m0/s1. The van der Waals surface area contributed by atoms with Gasteiger partial charge in [0.2, 0.25) is 15.9 Å². The van der Waals surface area contributed by atoms with Crippen LogP contribution in [0.1, 0.15) is 66.3 Å². The second-order valence-corrected chi connectivity index (χ2v) is 16.6. The van der Waals surface area contributed by atoms with Crippen LogP contribution in [0.4, 0.5) is 32.2 Å². The first-order valence-corrected chi connectivity index (χ1v) is 19.4. The molecule has 0 radical (unpaired) electrons. The molecule has 0 bridgehead atoms. The van der Waals surface area contributed by atoms with Gasteiger partial charge in [-0.2, -0.15) is 19.0 Å². The highest BCUT2D eigenvalue weighted by molar-refractivity contribution is 7.92. The van der Waals surface area contributed by atoms with Crippen LogP contribution in [0, 0.1) is 36.3 Å². The molecule has 2 heterocycles. The van der Waals surface area contributed by atoms with Gasteiger partial charge < -0.3 is 16.2 Å². The molecule has 2 aromatic carbocycles. The zero-order chi connectivity index (χ0) is 41.9. The average Bonchev–Trinajstić information content (AvgIpc) is 3.62. The third kappa shape index (κ3) is 8.59. The lowest BCUT2D eigenvalue weighted by Gasteiger charge is -2.25. The summed E-state index contributed by atoms with van der Waals surface area (Å²) >= 11 is 0. The number of carbonyl (C=O) groups excluding carboxylic acids is 1. The molecule has 302 valence electrons. The number of halogens is 6. The number of allylic oxidation sites excluding steroid dienone is 3. The predicted octanol–water partition coefficient (Wildman–Crippen LogP) is 5.86. The maximum atomic E-state index is 15.3. The summed E-state index contributed by atoms with van der Waals surface area (Å²) in [4.78, 5) is 13.8. The van der Waals surface area contributed by atoms with E-state index in [0.717, 1.165) is 18.4 Å². The van der Waals surface area contributed by atoms with Gasteiger partial charge in [0.15, 0.2) is 5.82 Å². The minimum absolute atomic E-state index is 0.00913. The predicted molar refractivity (Wildman–Crippen MR) is 201 cm³/mol. The summed E-state index contributed by atoms with van der Waals surface area (Å²) in [5.74, 6) is -3.04.